The van der Waals surface area contributed by atoms with Crippen LogP contribution in [0.25, 0.3) is 11.3 Å². The molecule has 1 amide bonds. The Morgan fingerprint density at radius 2 is 1.97 bits per heavy atom. The smallest absolute Gasteiger partial charge is 0.252 e. The molecule has 3 heterocycles. The van der Waals surface area contributed by atoms with Crippen LogP contribution in [-0.4, -0.2) is 43.2 Å². The molecule has 6 nitrogen and oxygen atoms in total. The van der Waals surface area contributed by atoms with Crippen molar-refractivity contribution in [1.82, 2.24) is 14.6 Å². The number of benzene rings is 1. The highest BCUT2D eigenvalue weighted by atomic mass is 32.2. The minimum absolute atomic E-state index is 0.0678. The molecule has 0 aliphatic carbocycles. The number of hydrogen-bond acceptors (Lipinski definition) is 6. The maximum atomic E-state index is 12.9. The Labute approximate surface area is 197 Å². The Morgan fingerprint density at radius 3 is 2.62 bits per heavy atom. The summed E-state index contributed by atoms with van der Waals surface area (Å²) in [6.07, 6.45) is 2.13. The van der Waals surface area contributed by atoms with Crippen LogP contribution in [-0.2, 0) is 21.2 Å². The zero-order chi connectivity index (χ0) is 22.7. The molecule has 2 aromatic heterocycles. The first-order valence-corrected chi connectivity index (χ1v) is 13.8. The number of sulfonamides is 1. The lowest BCUT2D eigenvalue weighted by atomic mass is 9.98. The first kappa shape index (κ1) is 23.1. The molecular weight excluding hydrogens is 462 g/mol. The van der Waals surface area contributed by atoms with Gasteiger partial charge in [0.15, 0.2) is 0 Å². The molecule has 0 spiro atoms. The maximum absolute atomic E-state index is 12.9. The van der Waals surface area contributed by atoms with Crippen molar-refractivity contribution in [3.8, 4) is 11.3 Å². The number of piperidine rings is 1. The molecule has 32 heavy (non-hydrogen) atoms. The third kappa shape index (κ3) is 5.28. The number of rotatable bonds is 7. The van der Waals surface area contributed by atoms with Gasteiger partial charge in [0.05, 0.1) is 16.6 Å². The van der Waals surface area contributed by atoms with Gasteiger partial charge < -0.3 is 5.32 Å². The standard InChI is InChI=1S/C23H27N3O3S3/c1-16-5-10-22(31-16)32(28,29)26-13-3-4-20(14-26)23(27)24-12-11-18-6-8-19(9-7-18)21-15-30-17(2)25-21/h5-10,15,20H,3-4,11-14H2,1-2H3,(H,24,27). The van der Waals surface area contributed by atoms with E-state index in [9.17, 15) is 13.2 Å². The number of thiophene rings is 1. The zero-order valence-electron chi connectivity index (χ0n) is 18.2. The van der Waals surface area contributed by atoms with Crippen LogP contribution in [0.15, 0.2) is 46.0 Å². The predicted molar refractivity (Wildman–Crippen MR) is 130 cm³/mol. The average molecular weight is 490 g/mol. The van der Waals surface area contributed by atoms with Crippen molar-refractivity contribution in [2.75, 3.05) is 19.6 Å². The molecular formula is C23H27N3O3S3. The van der Waals surface area contributed by atoms with Gasteiger partial charge >= 0.3 is 0 Å². The number of thiazole rings is 1. The molecule has 1 saturated heterocycles. The van der Waals surface area contributed by atoms with Crippen LogP contribution in [0.4, 0.5) is 0 Å². The summed E-state index contributed by atoms with van der Waals surface area (Å²) >= 11 is 2.91. The molecule has 0 saturated carbocycles. The van der Waals surface area contributed by atoms with E-state index in [0.29, 0.717) is 30.1 Å². The predicted octanol–water partition coefficient (Wildman–Crippen LogP) is 4.25. The van der Waals surface area contributed by atoms with E-state index in [1.807, 2.05) is 19.9 Å². The van der Waals surface area contributed by atoms with Crippen LogP contribution < -0.4 is 5.32 Å². The van der Waals surface area contributed by atoms with Crippen molar-refractivity contribution in [2.45, 2.75) is 37.3 Å². The van der Waals surface area contributed by atoms with Crippen LogP contribution in [0, 0.1) is 19.8 Å². The number of carbonyl (C=O) groups excluding carboxylic acids is 1. The fourth-order valence-electron chi connectivity index (χ4n) is 3.87. The van der Waals surface area contributed by atoms with Gasteiger partial charge in [-0.1, -0.05) is 24.3 Å². The molecule has 170 valence electrons. The van der Waals surface area contributed by atoms with E-state index < -0.39 is 10.0 Å². The van der Waals surface area contributed by atoms with E-state index in [0.717, 1.165) is 33.1 Å². The summed E-state index contributed by atoms with van der Waals surface area (Å²) in [5.41, 5.74) is 3.22. The molecule has 0 bridgehead atoms. The van der Waals surface area contributed by atoms with Gasteiger partial charge in [0.2, 0.25) is 5.91 Å². The summed E-state index contributed by atoms with van der Waals surface area (Å²) in [5.74, 6) is -0.378. The number of carbonyl (C=O) groups is 1. The lowest BCUT2D eigenvalue weighted by Crippen LogP contribution is -2.45. The second-order valence-electron chi connectivity index (χ2n) is 8.06. The molecule has 0 radical (unpaired) electrons. The van der Waals surface area contributed by atoms with Crippen LogP contribution in [0.2, 0.25) is 0 Å². The Bertz CT molecular complexity index is 1180. The van der Waals surface area contributed by atoms with Gasteiger partial charge in [0.1, 0.15) is 4.21 Å². The summed E-state index contributed by atoms with van der Waals surface area (Å²) in [7, 11) is -3.53. The minimum atomic E-state index is -3.53. The Hall–Kier alpha value is -2.07. The van der Waals surface area contributed by atoms with Crippen molar-refractivity contribution >= 4 is 38.6 Å². The number of hydrogen-bond donors (Lipinski definition) is 1. The Balaban J connectivity index is 1.29. The largest absolute Gasteiger partial charge is 0.355 e. The normalized spacial score (nSPS) is 17.4. The monoisotopic (exact) mass is 489 g/mol. The van der Waals surface area contributed by atoms with Gasteiger partial charge in [0, 0.05) is 35.5 Å². The summed E-state index contributed by atoms with van der Waals surface area (Å²) < 4.78 is 27.6. The highest BCUT2D eigenvalue weighted by molar-refractivity contribution is 7.91. The van der Waals surface area contributed by atoms with Crippen molar-refractivity contribution in [3.05, 3.63) is 57.2 Å². The van der Waals surface area contributed by atoms with E-state index in [-0.39, 0.29) is 18.4 Å². The molecule has 1 unspecified atom stereocenters. The van der Waals surface area contributed by atoms with Crippen LogP contribution in [0.3, 0.4) is 0 Å². The highest BCUT2D eigenvalue weighted by Crippen LogP contribution is 2.28. The molecule has 1 fully saturated rings. The molecule has 9 heteroatoms. The van der Waals surface area contributed by atoms with Crippen molar-refractivity contribution in [1.29, 1.82) is 0 Å². The molecule has 1 aromatic carbocycles. The van der Waals surface area contributed by atoms with Crippen molar-refractivity contribution < 1.29 is 13.2 Å². The minimum Gasteiger partial charge on any atom is -0.355 e. The maximum Gasteiger partial charge on any atom is 0.252 e. The molecule has 3 aromatic rings. The summed E-state index contributed by atoms with van der Waals surface area (Å²) in [5, 5.41) is 6.10. The first-order chi connectivity index (χ1) is 15.3. The van der Waals surface area contributed by atoms with Crippen LogP contribution in [0.5, 0.6) is 0 Å². The molecule has 1 aliphatic rings. The number of nitrogens with zero attached hydrogens (tertiary/aromatic N) is 2. The SMILES string of the molecule is Cc1ccc(S(=O)(=O)N2CCCC(C(=O)NCCc3ccc(-c4csc(C)n4)cc3)C2)s1. The second kappa shape index (κ2) is 9.82. The number of aromatic nitrogens is 1. The van der Waals surface area contributed by atoms with E-state index in [1.54, 1.807) is 17.4 Å². The van der Waals surface area contributed by atoms with Gasteiger partial charge in [-0.25, -0.2) is 13.4 Å². The van der Waals surface area contributed by atoms with E-state index in [2.05, 4.69) is 39.9 Å². The van der Waals surface area contributed by atoms with Crippen molar-refractivity contribution in [2.24, 2.45) is 5.92 Å². The number of nitrogens with one attached hydrogen (secondary N) is 1. The first-order valence-electron chi connectivity index (χ1n) is 10.7. The van der Waals surface area contributed by atoms with Gasteiger partial charge in [-0.2, -0.15) is 4.31 Å². The number of amides is 1. The van der Waals surface area contributed by atoms with Gasteiger partial charge in [-0.05, 0) is 50.8 Å². The highest BCUT2D eigenvalue weighted by Gasteiger charge is 2.33. The van der Waals surface area contributed by atoms with E-state index in [4.69, 9.17) is 0 Å². The topological polar surface area (TPSA) is 79.4 Å². The third-order valence-corrected chi connectivity index (χ3v) is 9.75. The van der Waals surface area contributed by atoms with E-state index >= 15 is 0 Å². The Kier molecular flexibility index (Phi) is 7.09. The van der Waals surface area contributed by atoms with Gasteiger partial charge in [-0.15, -0.1) is 22.7 Å². The zero-order valence-corrected chi connectivity index (χ0v) is 20.7. The quantitative estimate of drug-likeness (QED) is 0.538. The third-order valence-electron chi connectivity index (χ3n) is 5.65. The lowest BCUT2D eigenvalue weighted by Gasteiger charge is -2.30. The summed E-state index contributed by atoms with van der Waals surface area (Å²) in [6.45, 7) is 5.13. The summed E-state index contributed by atoms with van der Waals surface area (Å²) in [4.78, 5) is 18.2. The fourth-order valence-corrected chi connectivity index (χ4v) is 7.45. The molecule has 1 atom stereocenters. The Morgan fingerprint density at radius 1 is 1.19 bits per heavy atom. The lowest BCUT2D eigenvalue weighted by molar-refractivity contribution is -0.126. The van der Waals surface area contributed by atoms with Gasteiger partial charge in [-0.3, -0.25) is 4.79 Å². The number of aryl methyl sites for hydroxylation is 2. The van der Waals surface area contributed by atoms with Crippen LogP contribution in [0.1, 0.15) is 28.3 Å². The molecule has 1 N–H and O–H groups in total. The molecule has 1 aliphatic heterocycles. The average Bonchev–Trinajstić information content (AvgIpc) is 3.43. The summed E-state index contributed by atoms with van der Waals surface area (Å²) in [6, 6.07) is 11.7. The molecule has 4 rings (SSSR count). The van der Waals surface area contributed by atoms with Gasteiger partial charge in [0.25, 0.3) is 10.0 Å². The van der Waals surface area contributed by atoms with Crippen molar-refractivity contribution in [3.63, 3.8) is 0 Å². The fraction of sp³-hybridized carbons (Fsp3) is 0.391. The van der Waals surface area contributed by atoms with E-state index in [1.165, 1.54) is 15.6 Å². The second-order valence-corrected chi connectivity index (χ2v) is 12.6. The van der Waals surface area contributed by atoms with Crippen LogP contribution >= 0.6 is 22.7 Å².